The number of hydrogen-bond acceptors (Lipinski definition) is 4. The van der Waals surface area contributed by atoms with Gasteiger partial charge >= 0.3 is 0 Å². The summed E-state index contributed by atoms with van der Waals surface area (Å²) in [6, 6.07) is 4.70. The Bertz CT molecular complexity index is 593. The largest absolute Gasteiger partial charge is 0.494 e. The number of methoxy groups -OCH3 is 1. The van der Waals surface area contributed by atoms with Crippen molar-refractivity contribution in [2.75, 3.05) is 33.4 Å². The van der Waals surface area contributed by atoms with E-state index in [0.717, 1.165) is 12.2 Å². The van der Waals surface area contributed by atoms with E-state index in [1.165, 1.54) is 26.0 Å². The van der Waals surface area contributed by atoms with Gasteiger partial charge in [-0.25, -0.2) is 4.39 Å². The van der Waals surface area contributed by atoms with Crippen LogP contribution in [0.4, 0.5) is 4.39 Å². The van der Waals surface area contributed by atoms with E-state index < -0.39 is 11.9 Å². The Labute approximate surface area is 154 Å². The van der Waals surface area contributed by atoms with Crippen LogP contribution in [0.3, 0.4) is 0 Å². The highest BCUT2D eigenvalue weighted by atomic mass is 19.1. The summed E-state index contributed by atoms with van der Waals surface area (Å²) in [6.07, 6.45) is 1.82. The van der Waals surface area contributed by atoms with E-state index >= 15 is 0 Å². The second kappa shape index (κ2) is 10.3. The highest BCUT2D eigenvalue weighted by molar-refractivity contribution is 5.80. The second-order valence-corrected chi connectivity index (χ2v) is 6.61. The van der Waals surface area contributed by atoms with Gasteiger partial charge in [0.2, 0.25) is 0 Å². The van der Waals surface area contributed by atoms with E-state index in [-0.39, 0.29) is 18.3 Å². The lowest BCUT2D eigenvalue weighted by atomic mass is 10.1. The van der Waals surface area contributed by atoms with Gasteiger partial charge < -0.3 is 25.2 Å². The van der Waals surface area contributed by atoms with Crippen molar-refractivity contribution in [1.82, 2.24) is 10.6 Å². The number of nitrogens with zero attached hydrogens (tertiary/aromatic N) is 1. The molecule has 7 heteroatoms. The maximum Gasteiger partial charge on any atom is 0.191 e. The van der Waals surface area contributed by atoms with Crippen LogP contribution in [0.2, 0.25) is 0 Å². The molecule has 1 aliphatic carbocycles. The molecule has 1 aromatic carbocycles. The molecule has 26 heavy (non-hydrogen) atoms. The smallest absolute Gasteiger partial charge is 0.191 e. The van der Waals surface area contributed by atoms with Crippen LogP contribution in [0.5, 0.6) is 5.75 Å². The summed E-state index contributed by atoms with van der Waals surface area (Å²) in [4.78, 5) is 4.39. The fourth-order valence-corrected chi connectivity index (χ4v) is 2.47. The molecule has 0 heterocycles. The van der Waals surface area contributed by atoms with Crippen LogP contribution in [0.1, 0.15) is 38.3 Å². The van der Waals surface area contributed by atoms with E-state index in [4.69, 9.17) is 9.47 Å². The minimum Gasteiger partial charge on any atom is -0.494 e. The molecule has 1 aromatic rings. The fourth-order valence-electron chi connectivity index (χ4n) is 2.47. The Kier molecular flexibility index (Phi) is 8.12. The second-order valence-electron chi connectivity index (χ2n) is 6.61. The van der Waals surface area contributed by atoms with Crippen molar-refractivity contribution in [3.05, 3.63) is 29.6 Å². The summed E-state index contributed by atoms with van der Waals surface area (Å²) in [5.41, 5.74) is 0.780. The minimum atomic E-state index is -0.641. The lowest BCUT2D eigenvalue weighted by Crippen LogP contribution is -2.39. The molecule has 0 saturated heterocycles. The summed E-state index contributed by atoms with van der Waals surface area (Å²) < 4.78 is 24.3. The fraction of sp³-hybridized carbons (Fsp3) is 0.632. The third-order valence-electron chi connectivity index (χ3n) is 4.19. The van der Waals surface area contributed by atoms with Gasteiger partial charge in [-0.2, -0.15) is 0 Å². The average molecular weight is 367 g/mol. The standard InChI is InChI=1S/C19H30FN3O3/c1-4-21-19(22-10-16(24)12-26-11-14-5-6-14)23-13(2)15-7-8-18(25-3)17(20)9-15/h7-9,13-14,16,24H,4-6,10-12H2,1-3H3,(H2,21,22,23). The summed E-state index contributed by atoms with van der Waals surface area (Å²) in [5.74, 6) is 1.06. The quantitative estimate of drug-likeness (QED) is 0.437. The Morgan fingerprint density at radius 2 is 2.19 bits per heavy atom. The number of aliphatic hydroxyl groups excluding tert-OH is 1. The number of aliphatic imine (C=N–C) groups is 1. The molecule has 2 atom stereocenters. The molecule has 1 fully saturated rings. The number of ether oxygens (including phenoxy) is 2. The maximum absolute atomic E-state index is 13.9. The summed E-state index contributed by atoms with van der Waals surface area (Å²) in [7, 11) is 1.44. The number of nitrogens with one attached hydrogen (secondary N) is 2. The summed E-state index contributed by atoms with van der Waals surface area (Å²) in [6.45, 7) is 5.82. The van der Waals surface area contributed by atoms with Crippen LogP contribution in [0.15, 0.2) is 23.2 Å². The molecule has 0 aromatic heterocycles. The van der Waals surface area contributed by atoms with E-state index in [0.29, 0.717) is 25.0 Å². The number of guanidine groups is 1. The van der Waals surface area contributed by atoms with Crippen LogP contribution in [0.25, 0.3) is 0 Å². The predicted octanol–water partition coefficient (Wildman–Crippen LogP) is 2.24. The molecule has 1 saturated carbocycles. The third-order valence-corrected chi connectivity index (χ3v) is 4.19. The molecule has 0 amide bonds. The van der Waals surface area contributed by atoms with Crippen molar-refractivity contribution in [2.24, 2.45) is 10.9 Å². The van der Waals surface area contributed by atoms with Crippen LogP contribution < -0.4 is 15.4 Å². The number of benzene rings is 1. The predicted molar refractivity (Wildman–Crippen MR) is 100 cm³/mol. The van der Waals surface area contributed by atoms with Crippen molar-refractivity contribution in [3.63, 3.8) is 0 Å². The first-order chi connectivity index (χ1) is 12.5. The Morgan fingerprint density at radius 3 is 2.81 bits per heavy atom. The number of halogens is 1. The number of aliphatic hydroxyl groups is 1. The molecule has 2 rings (SSSR count). The Balaban J connectivity index is 1.87. The van der Waals surface area contributed by atoms with Crippen molar-refractivity contribution in [3.8, 4) is 5.75 Å². The topological polar surface area (TPSA) is 75.1 Å². The molecule has 0 radical (unpaired) electrons. The lowest BCUT2D eigenvalue weighted by molar-refractivity contribution is 0.0368. The SMILES string of the molecule is CCNC(=NCC(O)COCC1CC1)NC(C)c1ccc(OC)c(F)c1. The first-order valence-electron chi connectivity index (χ1n) is 9.17. The number of hydrogen-bond donors (Lipinski definition) is 3. The zero-order valence-electron chi connectivity index (χ0n) is 15.8. The highest BCUT2D eigenvalue weighted by Crippen LogP contribution is 2.28. The molecule has 0 aliphatic heterocycles. The molecule has 1 aliphatic rings. The van der Waals surface area contributed by atoms with Gasteiger partial charge in [0.25, 0.3) is 0 Å². The average Bonchev–Trinajstić information content (AvgIpc) is 3.44. The maximum atomic E-state index is 13.9. The molecule has 6 nitrogen and oxygen atoms in total. The Hall–Kier alpha value is -1.86. The van der Waals surface area contributed by atoms with Crippen LogP contribution in [-0.4, -0.2) is 50.6 Å². The third kappa shape index (κ3) is 6.80. The van der Waals surface area contributed by atoms with Gasteiger partial charge in [-0.15, -0.1) is 0 Å². The molecular formula is C19H30FN3O3. The minimum absolute atomic E-state index is 0.156. The van der Waals surface area contributed by atoms with Crippen molar-refractivity contribution >= 4 is 5.96 Å². The molecular weight excluding hydrogens is 337 g/mol. The van der Waals surface area contributed by atoms with Gasteiger partial charge in [-0.1, -0.05) is 6.07 Å². The van der Waals surface area contributed by atoms with E-state index in [1.807, 2.05) is 19.9 Å². The van der Waals surface area contributed by atoms with Gasteiger partial charge in [0.15, 0.2) is 17.5 Å². The molecule has 0 bridgehead atoms. The molecule has 2 unspecified atom stereocenters. The summed E-state index contributed by atoms with van der Waals surface area (Å²) >= 11 is 0. The van der Waals surface area contributed by atoms with Gasteiger partial charge in [0.05, 0.1) is 32.4 Å². The van der Waals surface area contributed by atoms with Crippen molar-refractivity contribution in [1.29, 1.82) is 0 Å². The van der Waals surface area contributed by atoms with Gasteiger partial charge in [-0.05, 0) is 50.3 Å². The molecule has 146 valence electrons. The summed E-state index contributed by atoms with van der Waals surface area (Å²) in [5, 5.41) is 16.3. The normalized spacial score (nSPS) is 16.9. The zero-order chi connectivity index (χ0) is 18.9. The van der Waals surface area contributed by atoms with Crippen LogP contribution >= 0.6 is 0 Å². The Morgan fingerprint density at radius 1 is 1.42 bits per heavy atom. The zero-order valence-corrected chi connectivity index (χ0v) is 15.8. The van der Waals surface area contributed by atoms with Crippen molar-refractivity contribution < 1.29 is 19.0 Å². The van der Waals surface area contributed by atoms with E-state index in [2.05, 4.69) is 15.6 Å². The molecule has 0 spiro atoms. The molecule has 3 N–H and O–H groups in total. The van der Waals surface area contributed by atoms with E-state index in [9.17, 15) is 9.50 Å². The van der Waals surface area contributed by atoms with Crippen LogP contribution in [-0.2, 0) is 4.74 Å². The highest BCUT2D eigenvalue weighted by Gasteiger charge is 2.21. The number of rotatable bonds is 10. The van der Waals surface area contributed by atoms with Crippen molar-refractivity contribution in [2.45, 2.75) is 38.8 Å². The van der Waals surface area contributed by atoms with Crippen LogP contribution in [0, 0.1) is 11.7 Å². The first kappa shape index (κ1) is 20.5. The van der Waals surface area contributed by atoms with Gasteiger partial charge in [-0.3, -0.25) is 4.99 Å². The van der Waals surface area contributed by atoms with E-state index in [1.54, 1.807) is 6.07 Å². The van der Waals surface area contributed by atoms with Gasteiger partial charge in [0.1, 0.15) is 0 Å². The van der Waals surface area contributed by atoms with Gasteiger partial charge in [0, 0.05) is 13.2 Å². The monoisotopic (exact) mass is 367 g/mol. The lowest BCUT2D eigenvalue weighted by Gasteiger charge is -2.19. The first-order valence-corrected chi connectivity index (χ1v) is 9.17.